The summed E-state index contributed by atoms with van der Waals surface area (Å²) in [6.07, 6.45) is 0. The van der Waals surface area contributed by atoms with E-state index in [9.17, 15) is 0 Å². The highest BCUT2D eigenvalue weighted by molar-refractivity contribution is 5.94. The van der Waals surface area contributed by atoms with Crippen LogP contribution in [0.4, 0.5) is 17.1 Å². The molecule has 0 amide bonds. The fourth-order valence-corrected chi connectivity index (χ4v) is 7.96. The van der Waals surface area contributed by atoms with Crippen LogP contribution in [-0.2, 0) is 0 Å². The highest BCUT2D eigenvalue weighted by Gasteiger charge is 2.17. The van der Waals surface area contributed by atoms with Crippen LogP contribution in [0.2, 0.25) is 0 Å². The number of para-hydroxylation sites is 1. The number of hydrogen-bond acceptors (Lipinski definition) is 2. The first kappa shape index (κ1) is 33.2. The van der Waals surface area contributed by atoms with Crippen LogP contribution >= 0.6 is 0 Å². The first-order chi connectivity index (χ1) is 27.8. The lowest BCUT2D eigenvalue weighted by Gasteiger charge is -2.26. The van der Waals surface area contributed by atoms with E-state index in [1.54, 1.807) is 0 Å². The van der Waals surface area contributed by atoms with Crippen LogP contribution in [0.5, 0.6) is 0 Å². The van der Waals surface area contributed by atoms with Crippen molar-refractivity contribution in [3.8, 4) is 55.8 Å². The van der Waals surface area contributed by atoms with Crippen molar-refractivity contribution in [3.05, 3.63) is 224 Å². The largest absolute Gasteiger partial charge is 0.456 e. The monoisotopic (exact) mass is 715 g/mol. The predicted octanol–water partition coefficient (Wildman–Crippen LogP) is 15.4. The third-order valence-corrected chi connectivity index (χ3v) is 10.7. The summed E-state index contributed by atoms with van der Waals surface area (Å²) in [5.41, 5.74) is 14.7. The third-order valence-electron chi connectivity index (χ3n) is 10.7. The molecule has 0 saturated heterocycles. The van der Waals surface area contributed by atoms with Gasteiger partial charge in [0.2, 0.25) is 0 Å². The molecule has 0 bridgehead atoms. The maximum Gasteiger partial charge on any atom is 0.136 e. The second-order valence-electron chi connectivity index (χ2n) is 14.1. The molecule has 0 aliphatic heterocycles. The molecule has 0 fully saturated rings. The molecule has 0 saturated carbocycles. The van der Waals surface area contributed by atoms with Gasteiger partial charge in [0, 0.05) is 28.0 Å². The Morgan fingerprint density at radius 3 is 1.29 bits per heavy atom. The molecule has 10 aromatic rings. The van der Waals surface area contributed by atoms with E-state index in [1.807, 2.05) is 18.2 Å². The second kappa shape index (κ2) is 14.4. The summed E-state index contributed by atoms with van der Waals surface area (Å²) < 4.78 is 6.32. The molecule has 0 N–H and O–H groups in total. The van der Waals surface area contributed by atoms with Crippen molar-refractivity contribution in [1.82, 2.24) is 0 Å². The predicted molar refractivity (Wildman–Crippen MR) is 236 cm³/mol. The fraction of sp³-hybridized carbons (Fsp3) is 0. The Balaban J connectivity index is 1.04. The molecule has 2 heteroatoms. The average Bonchev–Trinajstić information content (AvgIpc) is 3.72. The Morgan fingerprint density at radius 2 is 0.696 bits per heavy atom. The molecule has 9 aromatic carbocycles. The molecule has 264 valence electrons. The summed E-state index contributed by atoms with van der Waals surface area (Å²) >= 11 is 0. The highest BCUT2D eigenvalue weighted by atomic mass is 16.3. The summed E-state index contributed by atoms with van der Waals surface area (Å²) in [5.74, 6) is 0.869. The third kappa shape index (κ3) is 6.24. The smallest absolute Gasteiger partial charge is 0.136 e. The number of hydrogen-bond donors (Lipinski definition) is 0. The van der Waals surface area contributed by atoms with Gasteiger partial charge in [-0.2, -0.15) is 0 Å². The Labute approximate surface area is 327 Å². The molecule has 0 spiro atoms. The lowest BCUT2D eigenvalue weighted by Crippen LogP contribution is -2.09. The van der Waals surface area contributed by atoms with Crippen molar-refractivity contribution in [2.75, 3.05) is 4.90 Å². The molecule has 0 atom stereocenters. The molecule has 0 aliphatic rings. The van der Waals surface area contributed by atoms with Gasteiger partial charge in [-0.1, -0.05) is 176 Å². The van der Waals surface area contributed by atoms with E-state index in [4.69, 9.17) is 4.42 Å². The number of benzene rings is 9. The maximum absolute atomic E-state index is 6.32. The SMILES string of the molecule is c1ccc(-c2ccccc2-c2ccccc2-c2ccc(N(c3ccc(-c4ccccc4-c4cc5ccccc5o4)cc3)c3ccc4ccccc4c3)cc2)cc1. The summed E-state index contributed by atoms with van der Waals surface area (Å²) in [7, 11) is 0. The topological polar surface area (TPSA) is 16.4 Å². The van der Waals surface area contributed by atoms with Gasteiger partial charge in [0.15, 0.2) is 0 Å². The van der Waals surface area contributed by atoms with Gasteiger partial charge < -0.3 is 9.32 Å². The Hall–Kier alpha value is -7.42. The van der Waals surface area contributed by atoms with Gasteiger partial charge in [-0.25, -0.2) is 0 Å². The number of fused-ring (bicyclic) bond motifs is 2. The molecule has 56 heavy (non-hydrogen) atoms. The fourth-order valence-electron chi connectivity index (χ4n) is 7.96. The first-order valence-corrected chi connectivity index (χ1v) is 19.1. The lowest BCUT2D eigenvalue weighted by atomic mass is 9.89. The quantitative estimate of drug-likeness (QED) is 0.156. The van der Waals surface area contributed by atoms with Crippen LogP contribution in [0.15, 0.2) is 229 Å². The normalized spacial score (nSPS) is 11.2. The average molecular weight is 716 g/mol. The summed E-state index contributed by atoms with van der Waals surface area (Å²) in [4.78, 5) is 2.35. The number of rotatable bonds is 8. The number of nitrogens with zero attached hydrogens (tertiary/aromatic N) is 1. The standard InChI is InChI=1S/C54H37NO/c1-2-15-39(16-3-1)47-19-7-10-22-50(47)51-23-11-8-20-48(51)40-27-31-44(32-28-40)55(46-35-26-38-14-4-5-17-42(38)36-46)45-33-29-41(30-34-45)49-21-9-12-24-52(49)54-37-43-18-6-13-25-53(43)56-54/h1-37H. The highest BCUT2D eigenvalue weighted by Crippen LogP contribution is 2.42. The molecular formula is C54H37NO. The zero-order valence-corrected chi connectivity index (χ0v) is 30.7. The van der Waals surface area contributed by atoms with Crippen LogP contribution < -0.4 is 4.90 Å². The van der Waals surface area contributed by atoms with Gasteiger partial charge in [-0.15, -0.1) is 0 Å². The van der Waals surface area contributed by atoms with E-state index in [2.05, 4.69) is 211 Å². The van der Waals surface area contributed by atoms with E-state index in [0.29, 0.717) is 0 Å². The van der Waals surface area contributed by atoms with E-state index in [0.717, 1.165) is 50.5 Å². The van der Waals surface area contributed by atoms with Gasteiger partial charge in [-0.3, -0.25) is 0 Å². The Bertz CT molecular complexity index is 2930. The van der Waals surface area contributed by atoms with E-state index in [1.165, 1.54) is 44.2 Å². The van der Waals surface area contributed by atoms with Gasteiger partial charge in [-0.05, 0) is 104 Å². The number of anilines is 3. The van der Waals surface area contributed by atoms with Crippen molar-refractivity contribution < 1.29 is 4.42 Å². The molecule has 2 nitrogen and oxygen atoms in total. The van der Waals surface area contributed by atoms with Gasteiger partial charge in [0.1, 0.15) is 11.3 Å². The number of furan rings is 1. The molecular weight excluding hydrogens is 679 g/mol. The van der Waals surface area contributed by atoms with Crippen molar-refractivity contribution in [1.29, 1.82) is 0 Å². The zero-order chi connectivity index (χ0) is 37.3. The molecule has 10 rings (SSSR count). The van der Waals surface area contributed by atoms with Crippen molar-refractivity contribution in [2.24, 2.45) is 0 Å². The second-order valence-corrected chi connectivity index (χ2v) is 14.1. The van der Waals surface area contributed by atoms with E-state index >= 15 is 0 Å². The van der Waals surface area contributed by atoms with Crippen LogP contribution in [0.1, 0.15) is 0 Å². The van der Waals surface area contributed by atoms with Crippen LogP contribution in [-0.4, -0.2) is 0 Å². The molecule has 1 heterocycles. The zero-order valence-electron chi connectivity index (χ0n) is 30.7. The Morgan fingerprint density at radius 1 is 0.268 bits per heavy atom. The molecule has 0 unspecified atom stereocenters. The van der Waals surface area contributed by atoms with E-state index in [-0.39, 0.29) is 0 Å². The molecule has 0 aliphatic carbocycles. The van der Waals surface area contributed by atoms with Crippen LogP contribution in [0.25, 0.3) is 77.6 Å². The Kier molecular flexibility index (Phi) is 8.55. The van der Waals surface area contributed by atoms with Crippen molar-refractivity contribution >= 4 is 38.8 Å². The molecule has 1 aromatic heterocycles. The summed E-state index contributed by atoms with van der Waals surface area (Å²) in [5, 5.41) is 3.52. The summed E-state index contributed by atoms with van der Waals surface area (Å²) in [6.45, 7) is 0. The summed E-state index contributed by atoms with van der Waals surface area (Å²) in [6, 6.07) is 80.0. The molecule has 0 radical (unpaired) electrons. The van der Waals surface area contributed by atoms with E-state index < -0.39 is 0 Å². The van der Waals surface area contributed by atoms with Gasteiger partial charge >= 0.3 is 0 Å². The van der Waals surface area contributed by atoms with Crippen LogP contribution in [0.3, 0.4) is 0 Å². The van der Waals surface area contributed by atoms with Crippen molar-refractivity contribution in [2.45, 2.75) is 0 Å². The van der Waals surface area contributed by atoms with Gasteiger partial charge in [0.05, 0.1) is 0 Å². The van der Waals surface area contributed by atoms with Crippen LogP contribution in [0, 0.1) is 0 Å². The van der Waals surface area contributed by atoms with Gasteiger partial charge in [0.25, 0.3) is 0 Å². The van der Waals surface area contributed by atoms with Crippen molar-refractivity contribution in [3.63, 3.8) is 0 Å². The minimum absolute atomic E-state index is 0.869. The maximum atomic E-state index is 6.32. The minimum Gasteiger partial charge on any atom is -0.456 e. The minimum atomic E-state index is 0.869. The first-order valence-electron chi connectivity index (χ1n) is 19.1. The lowest BCUT2D eigenvalue weighted by molar-refractivity contribution is 0.632.